The van der Waals surface area contributed by atoms with Crippen LogP contribution in [-0.4, -0.2) is 18.2 Å². The fourth-order valence-corrected chi connectivity index (χ4v) is 0. The largest absolute Gasteiger partial charge is 0.286 e. The molecule has 0 rings (SSSR count). The van der Waals surface area contributed by atoms with Crippen LogP contribution in [0.4, 0.5) is 0 Å². The molecule has 38 valence electrons. The van der Waals surface area contributed by atoms with Crippen molar-refractivity contribution in [2.24, 2.45) is 5.84 Å². The summed E-state index contributed by atoms with van der Waals surface area (Å²) in [5.41, 5.74) is 0. The van der Waals surface area contributed by atoms with Crippen molar-refractivity contribution in [2.75, 3.05) is 0 Å². The van der Waals surface area contributed by atoms with Crippen molar-refractivity contribution in [3.8, 4) is 0 Å². The molecule has 0 amide bonds. The molecule has 5 nitrogen and oxygen atoms in total. The van der Waals surface area contributed by atoms with Gasteiger partial charge in [0.2, 0.25) is 10.9 Å². The Morgan fingerprint density at radius 1 is 1.67 bits per heavy atom. The van der Waals surface area contributed by atoms with Crippen molar-refractivity contribution >= 4 is 10.9 Å². The Balaban J connectivity index is 3.57. The Labute approximate surface area is 36.0 Å². The second-order valence-electron chi connectivity index (χ2n) is 0.558. The predicted molar refractivity (Wildman–Crippen MR) is 18.1 cm³/mol. The molecule has 0 aliphatic carbocycles. The molecule has 0 atom stereocenters. The van der Waals surface area contributed by atoms with E-state index in [0.717, 1.165) is 0 Å². The topological polar surface area (TPSA) is 83.6 Å². The lowest BCUT2D eigenvalue weighted by Crippen LogP contribution is -2.24. The van der Waals surface area contributed by atoms with Crippen LogP contribution >= 0.6 is 0 Å². The van der Waals surface area contributed by atoms with Gasteiger partial charge in [0.05, 0.1) is 0 Å². The van der Waals surface area contributed by atoms with Crippen LogP contribution in [0.3, 0.4) is 0 Å². The van der Waals surface area contributed by atoms with E-state index in [4.69, 9.17) is 5.21 Å². The molecule has 0 bridgehead atoms. The summed E-state index contributed by atoms with van der Waals surface area (Å²) in [6.07, 6.45) is 0. The molecule has 0 fully saturated rings. The van der Waals surface area contributed by atoms with Crippen molar-refractivity contribution in [3.05, 3.63) is 0 Å². The predicted octanol–water partition coefficient (Wildman–Crippen LogP) is -1.92. The molecule has 0 aromatic rings. The molecule has 0 aromatic heterocycles. The van der Waals surface area contributed by atoms with Crippen LogP contribution in [0.5, 0.6) is 0 Å². The second kappa shape index (κ2) is 2.08. The van der Waals surface area contributed by atoms with Gasteiger partial charge in [0.1, 0.15) is 0 Å². The summed E-state index contributed by atoms with van der Waals surface area (Å²) in [6.45, 7) is 0. The summed E-state index contributed by atoms with van der Waals surface area (Å²) in [4.78, 5) is 0. The van der Waals surface area contributed by atoms with Crippen LogP contribution in [0.1, 0.15) is 0 Å². The third-order valence-corrected chi connectivity index (χ3v) is 0.502. The van der Waals surface area contributed by atoms with Crippen LogP contribution in [0.2, 0.25) is 0 Å². The summed E-state index contributed by atoms with van der Waals surface area (Å²) in [6, 6.07) is 0. The first-order valence-electron chi connectivity index (χ1n) is 1.02. The SMILES string of the molecule is NN(O)[SH](=O)=O. The van der Waals surface area contributed by atoms with E-state index < -0.39 is 10.9 Å². The summed E-state index contributed by atoms with van der Waals surface area (Å²) in [5, 5.41) is 7.64. The van der Waals surface area contributed by atoms with Gasteiger partial charge in [-0.25, -0.2) is 14.3 Å². The molecular formula is H4N2O3S. The molecule has 0 saturated heterocycles. The summed E-state index contributed by atoms with van der Waals surface area (Å²) < 4.78 is 18.2. The Morgan fingerprint density at radius 3 is 1.83 bits per heavy atom. The standard InChI is InChI=1S/H4N2O3S/c1-2(3)6(4)5/h3,6H,1H2. The molecule has 6 heavy (non-hydrogen) atoms. The summed E-state index contributed by atoms with van der Waals surface area (Å²) in [5.74, 6) is 4.23. The average Bonchev–Trinajstić information content (AvgIpc) is 1.36. The van der Waals surface area contributed by atoms with E-state index in [2.05, 4.69) is 5.84 Å². The number of hydrogen-bond donors (Lipinski definition) is 3. The van der Waals surface area contributed by atoms with Gasteiger partial charge < -0.3 is 0 Å². The highest BCUT2D eigenvalue weighted by Gasteiger charge is 1.84. The maximum absolute atomic E-state index is 9.29. The van der Waals surface area contributed by atoms with E-state index in [1.54, 1.807) is 0 Å². The molecule has 0 unspecified atom stereocenters. The molecule has 0 aliphatic heterocycles. The highest BCUT2D eigenvalue weighted by atomic mass is 32.2. The molecule has 0 heterocycles. The highest BCUT2D eigenvalue weighted by Crippen LogP contribution is 1.57. The maximum Gasteiger partial charge on any atom is 0.239 e. The van der Waals surface area contributed by atoms with Crippen molar-refractivity contribution < 1.29 is 13.6 Å². The van der Waals surface area contributed by atoms with Crippen molar-refractivity contribution in [2.45, 2.75) is 0 Å². The van der Waals surface area contributed by atoms with Crippen molar-refractivity contribution in [3.63, 3.8) is 0 Å². The lowest BCUT2D eigenvalue weighted by molar-refractivity contribution is 0.00718. The van der Waals surface area contributed by atoms with Crippen molar-refractivity contribution in [1.29, 1.82) is 0 Å². The molecular weight excluding hydrogens is 108 g/mol. The summed E-state index contributed by atoms with van der Waals surface area (Å²) in [7, 11) is -2.99. The van der Waals surface area contributed by atoms with Gasteiger partial charge in [-0.3, -0.25) is 5.21 Å². The van der Waals surface area contributed by atoms with Gasteiger partial charge in [0.25, 0.3) is 0 Å². The first-order valence-corrected chi connectivity index (χ1v) is 2.15. The van der Waals surface area contributed by atoms with Crippen molar-refractivity contribution in [1.82, 2.24) is 4.58 Å². The number of nitrogens with zero attached hydrogens (tertiary/aromatic N) is 1. The van der Waals surface area contributed by atoms with Crippen LogP contribution in [-0.2, 0) is 10.9 Å². The Bertz CT molecular complexity index is 85.0. The Kier molecular flexibility index (Phi) is 2.03. The van der Waals surface area contributed by atoms with Gasteiger partial charge in [-0.05, 0) is 4.58 Å². The zero-order chi connectivity index (χ0) is 5.15. The minimum absolute atomic E-state index is 0.380. The van der Waals surface area contributed by atoms with Gasteiger partial charge in [-0.1, -0.05) is 0 Å². The third kappa shape index (κ3) is 2.09. The summed E-state index contributed by atoms with van der Waals surface area (Å²) >= 11 is 0. The molecule has 0 saturated carbocycles. The van der Waals surface area contributed by atoms with Gasteiger partial charge in [-0.15, -0.1) is 0 Å². The molecule has 0 spiro atoms. The van der Waals surface area contributed by atoms with Crippen LogP contribution in [0, 0.1) is 0 Å². The van der Waals surface area contributed by atoms with Crippen LogP contribution < -0.4 is 5.84 Å². The zero-order valence-electron chi connectivity index (χ0n) is 2.74. The minimum atomic E-state index is -2.99. The average molecular weight is 112 g/mol. The third-order valence-electron chi connectivity index (χ3n) is 0.167. The van der Waals surface area contributed by atoms with E-state index >= 15 is 0 Å². The molecule has 0 aliphatic rings. The first-order chi connectivity index (χ1) is 2.64. The fourth-order valence-electron chi connectivity index (χ4n) is 0. The highest BCUT2D eigenvalue weighted by molar-refractivity contribution is 7.69. The normalized spacial score (nSPS) is 10.7. The minimum Gasteiger partial charge on any atom is -0.286 e. The Morgan fingerprint density at radius 2 is 1.83 bits per heavy atom. The number of thiol groups is 1. The first kappa shape index (κ1) is 5.83. The van der Waals surface area contributed by atoms with E-state index in [-0.39, 0.29) is 4.58 Å². The smallest absolute Gasteiger partial charge is 0.239 e. The molecule has 0 aromatic carbocycles. The fraction of sp³-hybridized carbons (Fsp3) is 0. The molecule has 0 radical (unpaired) electrons. The molecule has 6 heteroatoms. The van der Waals surface area contributed by atoms with E-state index in [1.807, 2.05) is 0 Å². The van der Waals surface area contributed by atoms with Crippen LogP contribution in [0.15, 0.2) is 0 Å². The number of rotatable bonds is 1. The van der Waals surface area contributed by atoms with Gasteiger partial charge in [-0.2, -0.15) is 0 Å². The maximum atomic E-state index is 9.29. The van der Waals surface area contributed by atoms with E-state index in [0.29, 0.717) is 0 Å². The zero-order valence-corrected chi connectivity index (χ0v) is 3.63. The Hall–Kier alpha value is -0.170. The van der Waals surface area contributed by atoms with Gasteiger partial charge >= 0.3 is 0 Å². The van der Waals surface area contributed by atoms with Crippen LogP contribution in [0.25, 0.3) is 0 Å². The lowest BCUT2D eigenvalue weighted by atomic mass is 12.8. The lowest BCUT2D eigenvalue weighted by Gasteiger charge is -1.89. The quantitative estimate of drug-likeness (QED) is 0.210. The van der Waals surface area contributed by atoms with Gasteiger partial charge in [0.15, 0.2) is 0 Å². The van der Waals surface area contributed by atoms with Gasteiger partial charge in [0, 0.05) is 0 Å². The second-order valence-corrected chi connectivity index (χ2v) is 1.44. The molecule has 3 N–H and O–H groups in total. The van der Waals surface area contributed by atoms with E-state index in [9.17, 15) is 8.42 Å². The number of hydrogen-bond acceptors (Lipinski definition) is 4. The number of hydrazine groups is 1. The monoisotopic (exact) mass is 112 g/mol. The van der Waals surface area contributed by atoms with E-state index in [1.165, 1.54) is 0 Å². The number of nitrogens with two attached hydrogens (primary N) is 1.